The Kier molecular flexibility index (Phi) is 6.11. The molecule has 2 heterocycles. The van der Waals surface area contributed by atoms with Crippen molar-refractivity contribution < 1.29 is 23.1 Å². The topological polar surface area (TPSA) is 85.1 Å². The Morgan fingerprint density at radius 1 is 0.725 bits per heavy atom. The van der Waals surface area contributed by atoms with Crippen molar-refractivity contribution in [2.24, 2.45) is 0 Å². The molecule has 9 heteroatoms. The van der Waals surface area contributed by atoms with Gasteiger partial charge in [0.15, 0.2) is 0 Å². The Labute approximate surface area is 224 Å². The molecule has 0 radical (unpaired) electrons. The summed E-state index contributed by atoms with van der Waals surface area (Å²) in [5.74, 6) is -2.71. The van der Waals surface area contributed by atoms with Crippen molar-refractivity contribution in [1.29, 1.82) is 0 Å². The van der Waals surface area contributed by atoms with Crippen LogP contribution in [0.15, 0.2) is 95.9 Å². The van der Waals surface area contributed by atoms with E-state index in [1.54, 1.807) is 28.8 Å². The van der Waals surface area contributed by atoms with E-state index in [1.165, 1.54) is 66.9 Å². The number of carbonyl (C=O) groups is 1. The molecule has 6 aromatic rings. The number of rotatable bonds is 5. The summed E-state index contributed by atoms with van der Waals surface area (Å²) in [5.41, 5.74) is 2.07. The average molecular weight is 537 g/mol. The number of pyridine rings is 1. The zero-order valence-corrected chi connectivity index (χ0v) is 20.6. The predicted molar refractivity (Wildman–Crippen MR) is 145 cm³/mol. The number of hydrogen-bond acceptors (Lipinski definition) is 4. The highest BCUT2D eigenvalue weighted by atomic mass is 19.1. The van der Waals surface area contributed by atoms with Crippen LogP contribution in [0.2, 0.25) is 0 Å². The average Bonchev–Trinajstić information content (AvgIpc) is 2.95. The van der Waals surface area contributed by atoms with E-state index in [4.69, 9.17) is 9.97 Å². The molecule has 0 fully saturated rings. The van der Waals surface area contributed by atoms with Gasteiger partial charge in [0.1, 0.15) is 28.5 Å². The van der Waals surface area contributed by atoms with Gasteiger partial charge in [-0.05, 0) is 78.4 Å². The van der Waals surface area contributed by atoms with Gasteiger partial charge in [-0.25, -0.2) is 27.9 Å². The smallest absolute Gasteiger partial charge is 0.341 e. The lowest BCUT2D eigenvalue weighted by Crippen LogP contribution is -2.20. The molecule has 6 rings (SSSR count). The second-order valence-electron chi connectivity index (χ2n) is 9.19. The summed E-state index contributed by atoms with van der Waals surface area (Å²) in [4.78, 5) is 35.1. The number of carboxylic acid groups (broad SMARTS) is 1. The molecule has 0 bridgehead atoms. The van der Waals surface area contributed by atoms with E-state index in [9.17, 15) is 27.9 Å². The van der Waals surface area contributed by atoms with Crippen LogP contribution < -0.4 is 5.43 Å². The first-order valence-corrected chi connectivity index (χ1v) is 12.2. The molecule has 196 valence electrons. The Balaban J connectivity index is 1.68. The predicted octanol–water partition coefficient (Wildman–Crippen LogP) is 6.44. The fourth-order valence-corrected chi connectivity index (χ4v) is 4.68. The number of hydrogen-bond donors (Lipinski definition) is 1. The van der Waals surface area contributed by atoms with E-state index < -0.39 is 34.4 Å². The Morgan fingerprint density at radius 2 is 1.25 bits per heavy atom. The summed E-state index contributed by atoms with van der Waals surface area (Å²) in [7, 11) is 0. The maximum absolute atomic E-state index is 13.8. The SMILES string of the molecule is O=C(O)c1cn(Cc2ccc(F)cc2)c2ccc3nc(-c4ccc(F)cc4)c(-c4ccc(F)cc4)nc3c2c1=O. The van der Waals surface area contributed by atoms with Gasteiger partial charge in [0, 0.05) is 23.9 Å². The summed E-state index contributed by atoms with van der Waals surface area (Å²) >= 11 is 0. The lowest BCUT2D eigenvalue weighted by molar-refractivity contribution is 0.0695. The second-order valence-corrected chi connectivity index (χ2v) is 9.19. The van der Waals surface area contributed by atoms with Crippen molar-refractivity contribution in [3.8, 4) is 22.5 Å². The molecule has 6 nitrogen and oxygen atoms in total. The molecule has 0 saturated heterocycles. The van der Waals surface area contributed by atoms with Crippen LogP contribution >= 0.6 is 0 Å². The van der Waals surface area contributed by atoms with E-state index >= 15 is 0 Å². The molecule has 0 unspecified atom stereocenters. The maximum atomic E-state index is 13.8. The number of fused-ring (bicyclic) bond motifs is 3. The first-order valence-electron chi connectivity index (χ1n) is 12.2. The van der Waals surface area contributed by atoms with Gasteiger partial charge in [0.05, 0.1) is 27.8 Å². The number of aromatic carboxylic acids is 1. The quantitative estimate of drug-likeness (QED) is 0.256. The molecule has 0 spiro atoms. The fourth-order valence-electron chi connectivity index (χ4n) is 4.68. The van der Waals surface area contributed by atoms with Crippen LogP contribution in [0.1, 0.15) is 15.9 Å². The van der Waals surface area contributed by atoms with Crippen molar-refractivity contribution in [2.45, 2.75) is 6.54 Å². The largest absolute Gasteiger partial charge is 0.477 e. The first-order chi connectivity index (χ1) is 19.3. The second kappa shape index (κ2) is 9.77. The monoisotopic (exact) mass is 537 g/mol. The molecule has 0 atom stereocenters. The van der Waals surface area contributed by atoms with Gasteiger partial charge < -0.3 is 9.67 Å². The van der Waals surface area contributed by atoms with Gasteiger partial charge in [-0.15, -0.1) is 0 Å². The fraction of sp³-hybridized carbons (Fsp3) is 0.0323. The van der Waals surface area contributed by atoms with Crippen LogP contribution in [0, 0.1) is 17.5 Å². The van der Waals surface area contributed by atoms with Crippen molar-refractivity contribution >= 4 is 27.9 Å². The van der Waals surface area contributed by atoms with Crippen LogP contribution in [0.4, 0.5) is 13.2 Å². The summed E-state index contributed by atoms with van der Waals surface area (Å²) in [5, 5.41) is 9.88. The van der Waals surface area contributed by atoms with Crippen molar-refractivity contribution in [2.75, 3.05) is 0 Å². The lowest BCUT2D eigenvalue weighted by atomic mass is 10.0. The molecule has 4 aromatic carbocycles. The first kappa shape index (κ1) is 25.0. The zero-order chi connectivity index (χ0) is 28.0. The van der Waals surface area contributed by atoms with E-state index in [2.05, 4.69) is 0 Å². The van der Waals surface area contributed by atoms with Crippen molar-refractivity contribution in [1.82, 2.24) is 14.5 Å². The molecule has 0 aliphatic heterocycles. The third-order valence-electron chi connectivity index (χ3n) is 6.61. The van der Waals surface area contributed by atoms with Crippen molar-refractivity contribution in [3.05, 3.63) is 130 Å². The summed E-state index contributed by atoms with van der Waals surface area (Å²) in [6, 6.07) is 20.2. The molecule has 1 N–H and O–H groups in total. The van der Waals surface area contributed by atoms with Gasteiger partial charge >= 0.3 is 5.97 Å². The van der Waals surface area contributed by atoms with Crippen LogP contribution in [0.25, 0.3) is 44.5 Å². The standard InChI is InChI=1S/C31H18F3N3O3/c32-20-7-1-17(2-8-20)15-37-16-23(31(39)40)30(38)26-25(37)14-13-24-29(26)36-28(19-5-11-22(34)12-6-19)27(35-24)18-3-9-21(33)10-4-18/h1-14,16H,15H2,(H,39,40). The lowest BCUT2D eigenvalue weighted by Gasteiger charge is -2.15. The van der Waals surface area contributed by atoms with Gasteiger partial charge in [0.2, 0.25) is 5.43 Å². The van der Waals surface area contributed by atoms with Gasteiger partial charge in [-0.1, -0.05) is 12.1 Å². The summed E-state index contributed by atoms with van der Waals surface area (Å²) in [6.07, 6.45) is 1.25. The minimum absolute atomic E-state index is 0.0426. The number of halogens is 3. The highest BCUT2D eigenvalue weighted by molar-refractivity contribution is 6.06. The van der Waals surface area contributed by atoms with Crippen LogP contribution in [-0.4, -0.2) is 25.6 Å². The highest BCUT2D eigenvalue weighted by Gasteiger charge is 2.21. The van der Waals surface area contributed by atoms with Crippen LogP contribution in [0.5, 0.6) is 0 Å². The van der Waals surface area contributed by atoms with Gasteiger partial charge in [-0.2, -0.15) is 0 Å². The third-order valence-corrected chi connectivity index (χ3v) is 6.61. The number of benzene rings is 4. The normalized spacial score (nSPS) is 11.3. The van der Waals surface area contributed by atoms with Crippen molar-refractivity contribution in [3.63, 3.8) is 0 Å². The molecular weight excluding hydrogens is 519 g/mol. The van der Waals surface area contributed by atoms with Crippen LogP contribution in [0.3, 0.4) is 0 Å². The third kappa shape index (κ3) is 4.47. The van der Waals surface area contributed by atoms with Gasteiger partial charge in [0.25, 0.3) is 0 Å². The molecule has 2 aromatic heterocycles. The Morgan fingerprint density at radius 3 is 1.80 bits per heavy atom. The summed E-state index contributed by atoms with van der Waals surface area (Å²) in [6.45, 7) is 0.161. The number of carboxylic acids is 1. The minimum atomic E-state index is -1.41. The molecular formula is C31H18F3N3O3. The molecule has 0 saturated carbocycles. The molecule has 0 aliphatic rings. The zero-order valence-electron chi connectivity index (χ0n) is 20.6. The highest BCUT2D eigenvalue weighted by Crippen LogP contribution is 2.33. The molecule has 0 amide bonds. The van der Waals surface area contributed by atoms with E-state index in [-0.39, 0.29) is 17.4 Å². The summed E-state index contributed by atoms with van der Waals surface area (Å²) < 4.78 is 42.5. The van der Waals surface area contributed by atoms with Gasteiger partial charge in [-0.3, -0.25) is 4.79 Å². The molecule has 0 aliphatic carbocycles. The Bertz CT molecular complexity index is 1990. The minimum Gasteiger partial charge on any atom is -0.477 e. The van der Waals surface area contributed by atoms with Crippen LogP contribution in [-0.2, 0) is 6.54 Å². The number of aromatic nitrogens is 3. The van der Waals surface area contributed by atoms with E-state index in [0.717, 1.165) is 0 Å². The van der Waals surface area contributed by atoms with E-state index in [1.807, 2.05) is 0 Å². The number of nitrogens with zero attached hydrogens (tertiary/aromatic N) is 3. The Hall–Kier alpha value is -5.31. The molecule has 40 heavy (non-hydrogen) atoms. The maximum Gasteiger partial charge on any atom is 0.341 e. The van der Waals surface area contributed by atoms with E-state index in [0.29, 0.717) is 39.1 Å².